The summed E-state index contributed by atoms with van der Waals surface area (Å²) in [7, 11) is 0. The van der Waals surface area contributed by atoms with Gasteiger partial charge in [0.2, 0.25) is 5.91 Å². The van der Waals surface area contributed by atoms with E-state index in [1.54, 1.807) is 0 Å². The number of aryl methyl sites for hydroxylation is 1. The maximum atomic E-state index is 12.5. The summed E-state index contributed by atoms with van der Waals surface area (Å²) in [6.07, 6.45) is 2.17. The Morgan fingerprint density at radius 1 is 1.30 bits per heavy atom. The summed E-state index contributed by atoms with van der Waals surface area (Å²) in [6, 6.07) is 7.51. The third-order valence-electron chi connectivity index (χ3n) is 5.70. The van der Waals surface area contributed by atoms with Gasteiger partial charge in [0.1, 0.15) is 11.4 Å². The van der Waals surface area contributed by atoms with Gasteiger partial charge in [0.05, 0.1) is 11.0 Å². The van der Waals surface area contributed by atoms with Crippen LogP contribution in [0, 0.1) is 12.8 Å². The van der Waals surface area contributed by atoms with Gasteiger partial charge in [0, 0.05) is 19.0 Å². The first kappa shape index (κ1) is 17.5. The summed E-state index contributed by atoms with van der Waals surface area (Å²) in [5.74, 6) is 0.542. The van der Waals surface area contributed by atoms with E-state index in [0.29, 0.717) is 38.8 Å². The van der Waals surface area contributed by atoms with Gasteiger partial charge in [-0.05, 0) is 44.7 Å². The third kappa shape index (κ3) is 3.15. The van der Waals surface area contributed by atoms with Gasteiger partial charge >= 0.3 is 6.03 Å². The van der Waals surface area contributed by atoms with Crippen molar-refractivity contribution in [3.05, 3.63) is 30.1 Å². The Bertz CT molecular complexity index is 911. The molecule has 2 aliphatic rings. The minimum atomic E-state index is -0.819. The van der Waals surface area contributed by atoms with Crippen LogP contribution in [0.1, 0.15) is 31.5 Å². The molecule has 1 spiro atoms. The molecule has 0 radical (unpaired) electrons. The monoisotopic (exact) mass is 369 g/mol. The van der Waals surface area contributed by atoms with Gasteiger partial charge in [-0.3, -0.25) is 14.9 Å². The van der Waals surface area contributed by atoms with E-state index in [4.69, 9.17) is 0 Å². The van der Waals surface area contributed by atoms with Gasteiger partial charge < -0.3 is 15.2 Å². The van der Waals surface area contributed by atoms with Crippen LogP contribution in [0.15, 0.2) is 24.3 Å². The fourth-order valence-electron chi connectivity index (χ4n) is 4.17. The molecule has 8 nitrogen and oxygen atoms in total. The molecule has 2 aromatic rings. The highest BCUT2D eigenvalue weighted by atomic mass is 16.2. The zero-order chi connectivity index (χ0) is 19.0. The van der Waals surface area contributed by atoms with Gasteiger partial charge in [-0.25, -0.2) is 9.78 Å². The van der Waals surface area contributed by atoms with Crippen molar-refractivity contribution in [3.63, 3.8) is 0 Å². The molecule has 4 amide bonds. The smallest absolute Gasteiger partial charge is 0.322 e. The van der Waals surface area contributed by atoms with Crippen LogP contribution in [-0.2, 0) is 16.1 Å². The van der Waals surface area contributed by atoms with Crippen LogP contribution in [-0.4, -0.2) is 39.5 Å². The molecule has 3 N–H and O–H groups in total. The number of benzene rings is 1. The number of urea groups is 1. The molecule has 2 heterocycles. The minimum absolute atomic E-state index is 0.0108. The molecule has 8 heteroatoms. The summed E-state index contributed by atoms with van der Waals surface area (Å²) in [5.41, 5.74) is 1.20. The summed E-state index contributed by atoms with van der Waals surface area (Å²) >= 11 is 0. The fourth-order valence-corrected chi connectivity index (χ4v) is 4.17. The Morgan fingerprint density at radius 2 is 2.04 bits per heavy atom. The van der Waals surface area contributed by atoms with Crippen molar-refractivity contribution in [2.24, 2.45) is 5.92 Å². The number of imide groups is 1. The minimum Gasteiger partial charge on any atom is -0.354 e. The van der Waals surface area contributed by atoms with Crippen LogP contribution in [0.3, 0.4) is 0 Å². The zero-order valence-corrected chi connectivity index (χ0v) is 15.2. The molecule has 0 unspecified atom stereocenters. The van der Waals surface area contributed by atoms with Gasteiger partial charge in [0.25, 0.3) is 5.91 Å². The molecule has 142 valence electrons. The molecule has 1 aromatic heterocycles. The second kappa shape index (κ2) is 6.68. The van der Waals surface area contributed by atoms with E-state index >= 15 is 0 Å². The van der Waals surface area contributed by atoms with Gasteiger partial charge in [0.15, 0.2) is 0 Å². The number of amides is 4. The molecular weight excluding hydrogens is 346 g/mol. The first-order valence-electron chi connectivity index (χ1n) is 9.32. The largest absolute Gasteiger partial charge is 0.354 e. The molecule has 1 aliphatic carbocycles. The Kier molecular flexibility index (Phi) is 4.33. The fraction of sp³-hybridized carbons (Fsp3) is 0.474. The number of aromatic nitrogens is 2. The summed E-state index contributed by atoms with van der Waals surface area (Å²) in [4.78, 5) is 40.4. The number of hydrogen-bond acceptors (Lipinski definition) is 4. The SMILES string of the molecule is Cc1nc2ccccc2n1CCNC(=O)C1CCC2(CC1)NC(=O)NC2=O. The maximum absolute atomic E-state index is 12.5. The first-order valence-corrected chi connectivity index (χ1v) is 9.32. The molecule has 1 aromatic carbocycles. The number of imidazole rings is 1. The number of para-hydroxylation sites is 2. The number of fused-ring (bicyclic) bond motifs is 1. The topological polar surface area (TPSA) is 105 Å². The molecule has 4 rings (SSSR count). The Labute approximate surface area is 156 Å². The number of hydrogen-bond donors (Lipinski definition) is 3. The number of rotatable bonds is 4. The van der Waals surface area contributed by atoms with Crippen LogP contribution in [0.2, 0.25) is 0 Å². The summed E-state index contributed by atoms with van der Waals surface area (Å²) < 4.78 is 2.10. The van der Waals surface area contributed by atoms with Crippen LogP contribution < -0.4 is 16.0 Å². The van der Waals surface area contributed by atoms with Gasteiger partial charge in [-0.1, -0.05) is 12.1 Å². The van der Waals surface area contributed by atoms with Crippen molar-refractivity contribution in [2.45, 2.75) is 44.7 Å². The van der Waals surface area contributed by atoms with E-state index in [2.05, 4.69) is 25.5 Å². The summed E-state index contributed by atoms with van der Waals surface area (Å²) in [5, 5.41) is 8.02. The van der Waals surface area contributed by atoms with Crippen LogP contribution in [0.25, 0.3) is 11.0 Å². The quantitative estimate of drug-likeness (QED) is 0.705. The van der Waals surface area contributed by atoms with Crippen molar-refractivity contribution in [1.29, 1.82) is 0 Å². The second-order valence-electron chi connectivity index (χ2n) is 7.36. The average Bonchev–Trinajstić information content (AvgIpc) is 3.11. The highest BCUT2D eigenvalue weighted by Crippen LogP contribution is 2.34. The Balaban J connectivity index is 1.31. The third-order valence-corrected chi connectivity index (χ3v) is 5.70. The van der Waals surface area contributed by atoms with Crippen LogP contribution >= 0.6 is 0 Å². The second-order valence-corrected chi connectivity index (χ2v) is 7.36. The Hall–Kier alpha value is -2.90. The van der Waals surface area contributed by atoms with E-state index in [1.807, 2.05) is 31.2 Å². The zero-order valence-electron chi connectivity index (χ0n) is 15.2. The molecule has 1 saturated carbocycles. The Morgan fingerprint density at radius 3 is 2.74 bits per heavy atom. The number of nitrogens with one attached hydrogen (secondary N) is 3. The molecule has 1 aliphatic heterocycles. The lowest BCUT2D eigenvalue weighted by molar-refractivity contribution is -0.130. The highest BCUT2D eigenvalue weighted by molar-refractivity contribution is 6.07. The molecular formula is C19H23N5O3. The lowest BCUT2D eigenvalue weighted by Gasteiger charge is -2.33. The number of nitrogens with zero attached hydrogens (tertiary/aromatic N) is 2. The van der Waals surface area contributed by atoms with Crippen LogP contribution in [0.4, 0.5) is 4.79 Å². The van der Waals surface area contributed by atoms with Crippen LogP contribution in [0.5, 0.6) is 0 Å². The van der Waals surface area contributed by atoms with Gasteiger partial charge in [-0.15, -0.1) is 0 Å². The lowest BCUT2D eigenvalue weighted by Crippen LogP contribution is -2.51. The number of carbonyl (C=O) groups excluding carboxylic acids is 3. The predicted molar refractivity (Wildman–Crippen MR) is 98.8 cm³/mol. The normalized spacial score (nSPS) is 24.9. The van der Waals surface area contributed by atoms with E-state index in [0.717, 1.165) is 16.9 Å². The van der Waals surface area contributed by atoms with E-state index in [9.17, 15) is 14.4 Å². The van der Waals surface area contributed by atoms with E-state index in [1.165, 1.54) is 0 Å². The number of carbonyl (C=O) groups is 3. The van der Waals surface area contributed by atoms with Crippen molar-refractivity contribution < 1.29 is 14.4 Å². The summed E-state index contributed by atoms with van der Waals surface area (Å²) in [6.45, 7) is 3.15. The lowest BCUT2D eigenvalue weighted by atomic mass is 9.76. The van der Waals surface area contributed by atoms with E-state index in [-0.39, 0.29) is 17.7 Å². The van der Waals surface area contributed by atoms with Gasteiger partial charge in [-0.2, -0.15) is 0 Å². The first-order chi connectivity index (χ1) is 13.0. The average molecular weight is 369 g/mol. The maximum Gasteiger partial charge on any atom is 0.322 e. The molecule has 2 fully saturated rings. The molecule has 0 bridgehead atoms. The standard InChI is InChI=1S/C19H23N5O3/c1-12-21-14-4-2-3-5-15(14)24(12)11-10-20-16(25)13-6-8-19(9-7-13)17(26)22-18(27)23-19/h2-5,13H,6-11H2,1H3,(H,20,25)(H2,22,23,26,27). The molecule has 27 heavy (non-hydrogen) atoms. The van der Waals surface area contributed by atoms with Crippen molar-refractivity contribution in [2.75, 3.05) is 6.54 Å². The van der Waals surface area contributed by atoms with Crippen molar-refractivity contribution in [3.8, 4) is 0 Å². The predicted octanol–water partition coefficient (Wildman–Crippen LogP) is 1.23. The molecule has 1 saturated heterocycles. The van der Waals surface area contributed by atoms with E-state index < -0.39 is 11.6 Å². The van der Waals surface area contributed by atoms with Crippen molar-refractivity contribution >= 4 is 28.9 Å². The van der Waals surface area contributed by atoms with Crippen molar-refractivity contribution in [1.82, 2.24) is 25.5 Å². The molecule has 0 atom stereocenters. The highest BCUT2D eigenvalue weighted by Gasteiger charge is 2.48.